The van der Waals surface area contributed by atoms with Crippen LogP contribution in [0.4, 0.5) is 0 Å². The second-order valence-electron chi connectivity index (χ2n) is 3.19. The summed E-state index contributed by atoms with van der Waals surface area (Å²) >= 11 is 0. The molecule has 1 N–H and O–H groups in total. The normalized spacial score (nSPS) is 20.8. The van der Waals surface area contributed by atoms with Crippen LogP contribution in [0.3, 0.4) is 0 Å². The summed E-state index contributed by atoms with van der Waals surface area (Å²) in [6.45, 7) is 4.42. The van der Waals surface area contributed by atoms with E-state index < -0.39 is 0 Å². The smallest absolute Gasteiger partial charge is 0.309 e. The van der Waals surface area contributed by atoms with Gasteiger partial charge >= 0.3 is 5.97 Å². The van der Waals surface area contributed by atoms with Crippen molar-refractivity contribution in [1.29, 1.82) is 0 Å². The molecule has 82 valence electrons. The van der Waals surface area contributed by atoms with Crippen molar-refractivity contribution in [3.05, 3.63) is 12.2 Å². The Balaban J connectivity index is 0.00000169. The standard InChI is InChI=1S/C10H17NO2.ClH/c1-2-13-10(12)5-3-4-9-6-7-11-8-9;/h3-4,9,11H,2,5-8H2,1H3;1H/b4-3+;. The topological polar surface area (TPSA) is 38.3 Å². The number of carbonyl (C=O) groups excluding carboxylic acids is 1. The first-order chi connectivity index (χ1) is 6.33. The number of carbonyl (C=O) groups is 1. The molecule has 1 atom stereocenters. The molecule has 1 heterocycles. The highest BCUT2D eigenvalue weighted by molar-refractivity contribution is 5.85. The van der Waals surface area contributed by atoms with Gasteiger partial charge < -0.3 is 10.1 Å². The van der Waals surface area contributed by atoms with Crippen LogP contribution >= 0.6 is 12.4 Å². The predicted octanol–water partition coefficient (Wildman–Crippen LogP) is 1.53. The first-order valence-corrected chi connectivity index (χ1v) is 4.86. The lowest BCUT2D eigenvalue weighted by molar-refractivity contribution is -0.142. The average molecular weight is 220 g/mol. The molecule has 1 unspecified atom stereocenters. The molecule has 1 rings (SSSR count). The first-order valence-electron chi connectivity index (χ1n) is 4.86. The fourth-order valence-corrected chi connectivity index (χ4v) is 1.42. The van der Waals surface area contributed by atoms with Crippen molar-refractivity contribution in [3.8, 4) is 0 Å². The molecule has 0 bridgehead atoms. The molecule has 0 spiro atoms. The van der Waals surface area contributed by atoms with E-state index in [1.165, 1.54) is 6.42 Å². The molecule has 4 heteroatoms. The van der Waals surface area contributed by atoms with Crippen LogP contribution < -0.4 is 5.32 Å². The van der Waals surface area contributed by atoms with Gasteiger partial charge in [0.05, 0.1) is 13.0 Å². The Kier molecular flexibility index (Phi) is 7.52. The molecule has 0 aromatic rings. The highest BCUT2D eigenvalue weighted by atomic mass is 35.5. The Morgan fingerprint density at radius 3 is 3.00 bits per heavy atom. The summed E-state index contributed by atoms with van der Waals surface area (Å²) in [5.74, 6) is 0.471. The number of hydrogen-bond acceptors (Lipinski definition) is 3. The van der Waals surface area contributed by atoms with Gasteiger partial charge in [0.25, 0.3) is 0 Å². The molecule has 1 aliphatic heterocycles. The fraction of sp³-hybridized carbons (Fsp3) is 0.700. The van der Waals surface area contributed by atoms with Crippen molar-refractivity contribution in [1.82, 2.24) is 5.32 Å². The van der Waals surface area contributed by atoms with E-state index >= 15 is 0 Å². The van der Waals surface area contributed by atoms with E-state index in [0.29, 0.717) is 18.9 Å². The van der Waals surface area contributed by atoms with Gasteiger partial charge in [-0.15, -0.1) is 12.4 Å². The van der Waals surface area contributed by atoms with Crippen LogP contribution in [-0.4, -0.2) is 25.7 Å². The second-order valence-corrected chi connectivity index (χ2v) is 3.19. The molecular weight excluding hydrogens is 202 g/mol. The Morgan fingerprint density at radius 1 is 1.64 bits per heavy atom. The second kappa shape index (κ2) is 7.83. The van der Waals surface area contributed by atoms with Gasteiger partial charge in [0.2, 0.25) is 0 Å². The summed E-state index contributed by atoms with van der Waals surface area (Å²) in [5.41, 5.74) is 0. The zero-order valence-corrected chi connectivity index (χ0v) is 9.31. The van der Waals surface area contributed by atoms with E-state index in [9.17, 15) is 4.79 Å². The summed E-state index contributed by atoms with van der Waals surface area (Å²) in [4.78, 5) is 10.9. The first kappa shape index (κ1) is 13.5. The van der Waals surface area contributed by atoms with Crippen LogP contribution in [0.15, 0.2) is 12.2 Å². The molecule has 1 saturated heterocycles. The Labute approximate surface area is 91.3 Å². The van der Waals surface area contributed by atoms with Crippen LogP contribution in [0.25, 0.3) is 0 Å². The predicted molar refractivity (Wildman–Crippen MR) is 58.6 cm³/mol. The lowest BCUT2D eigenvalue weighted by Gasteiger charge is -1.99. The number of rotatable bonds is 4. The largest absolute Gasteiger partial charge is 0.466 e. The lowest BCUT2D eigenvalue weighted by atomic mass is 10.1. The van der Waals surface area contributed by atoms with E-state index in [0.717, 1.165) is 13.1 Å². The van der Waals surface area contributed by atoms with Crippen LogP contribution in [0.5, 0.6) is 0 Å². The number of halogens is 1. The van der Waals surface area contributed by atoms with E-state index in [1.54, 1.807) is 0 Å². The van der Waals surface area contributed by atoms with Crippen LogP contribution in [0.2, 0.25) is 0 Å². The molecule has 0 saturated carbocycles. The van der Waals surface area contributed by atoms with Gasteiger partial charge in [0, 0.05) is 6.54 Å². The minimum Gasteiger partial charge on any atom is -0.466 e. The summed E-state index contributed by atoms with van der Waals surface area (Å²) in [7, 11) is 0. The molecule has 1 aliphatic rings. The minimum absolute atomic E-state index is 0. The molecule has 0 amide bonds. The molecule has 14 heavy (non-hydrogen) atoms. The van der Waals surface area contributed by atoms with Gasteiger partial charge in [-0.1, -0.05) is 12.2 Å². The van der Waals surface area contributed by atoms with Gasteiger partial charge in [0.1, 0.15) is 0 Å². The molecule has 0 aromatic carbocycles. The van der Waals surface area contributed by atoms with Crippen molar-refractivity contribution in [2.24, 2.45) is 5.92 Å². The maximum atomic E-state index is 10.9. The van der Waals surface area contributed by atoms with Gasteiger partial charge in [-0.25, -0.2) is 0 Å². The van der Waals surface area contributed by atoms with Gasteiger partial charge in [-0.05, 0) is 25.8 Å². The lowest BCUT2D eigenvalue weighted by Crippen LogP contribution is -2.07. The fourth-order valence-electron chi connectivity index (χ4n) is 1.42. The Hall–Kier alpha value is -0.540. The molecule has 3 nitrogen and oxygen atoms in total. The highest BCUT2D eigenvalue weighted by Crippen LogP contribution is 2.08. The van der Waals surface area contributed by atoms with E-state index in [2.05, 4.69) is 11.4 Å². The molecule has 0 aliphatic carbocycles. The van der Waals surface area contributed by atoms with Gasteiger partial charge in [-0.2, -0.15) is 0 Å². The molecule has 0 aromatic heterocycles. The zero-order valence-electron chi connectivity index (χ0n) is 8.49. The van der Waals surface area contributed by atoms with Crippen LogP contribution in [0.1, 0.15) is 19.8 Å². The van der Waals surface area contributed by atoms with Crippen molar-refractivity contribution in [2.45, 2.75) is 19.8 Å². The van der Waals surface area contributed by atoms with Gasteiger partial charge in [0.15, 0.2) is 0 Å². The van der Waals surface area contributed by atoms with Crippen LogP contribution in [0, 0.1) is 5.92 Å². The monoisotopic (exact) mass is 219 g/mol. The third kappa shape index (κ3) is 5.25. The SMILES string of the molecule is CCOC(=O)C/C=C/C1CCNC1.Cl. The highest BCUT2D eigenvalue weighted by Gasteiger charge is 2.10. The average Bonchev–Trinajstić information content (AvgIpc) is 2.57. The van der Waals surface area contributed by atoms with E-state index in [-0.39, 0.29) is 18.4 Å². The number of ether oxygens (including phenoxy) is 1. The molecule has 0 radical (unpaired) electrons. The minimum atomic E-state index is -0.135. The number of esters is 1. The Morgan fingerprint density at radius 2 is 2.43 bits per heavy atom. The summed E-state index contributed by atoms with van der Waals surface area (Å²) < 4.78 is 4.80. The maximum Gasteiger partial charge on any atom is 0.309 e. The van der Waals surface area contributed by atoms with Gasteiger partial charge in [-0.3, -0.25) is 4.79 Å². The summed E-state index contributed by atoms with van der Waals surface area (Å²) in [6.07, 6.45) is 5.61. The van der Waals surface area contributed by atoms with Crippen molar-refractivity contribution < 1.29 is 9.53 Å². The third-order valence-corrected chi connectivity index (χ3v) is 2.10. The third-order valence-electron chi connectivity index (χ3n) is 2.10. The van der Waals surface area contributed by atoms with E-state index in [4.69, 9.17) is 4.74 Å². The van der Waals surface area contributed by atoms with Crippen molar-refractivity contribution in [3.63, 3.8) is 0 Å². The number of nitrogens with one attached hydrogen (secondary N) is 1. The Bertz CT molecular complexity index is 189. The van der Waals surface area contributed by atoms with Crippen molar-refractivity contribution >= 4 is 18.4 Å². The quantitative estimate of drug-likeness (QED) is 0.576. The molecule has 1 fully saturated rings. The zero-order chi connectivity index (χ0) is 9.52. The van der Waals surface area contributed by atoms with Crippen molar-refractivity contribution in [2.75, 3.05) is 19.7 Å². The van der Waals surface area contributed by atoms with E-state index in [1.807, 2.05) is 13.0 Å². The van der Waals surface area contributed by atoms with Crippen LogP contribution in [-0.2, 0) is 9.53 Å². The summed E-state index contributed by atoms with van der Waals surface area (Å²) in [5, 5.41) is 3.27. The molecular formula is C10H18ClNO2. The number of hydrogen-bond donors (Lipinski definition) is 1. The summed E-state index contributed by atoms with van der Waals surface area (Å²) in [6, 6.07) is 0. The maximum absolute atomic E-state index is 10.9.